The van der Waals surface area contributed by atoms with Crippen LogP contribution in [-0.4, -0.2) is 40.7 Å². The van der Waals surface area contributed by atoms with Gasteiger partial charge >= 0.3 is 5.69 Å². The molecule has 1 atom stereocenters. The highest BCUT2D eigenvalue weighted by Gasteiger charge is 2.23. The van der Waals surface area contributed by atoms with Crippen LogP contribution in [0.4, 0.5) is 5.69 Å². The lowest BCUT2D eigenvalue weighted by Gasteiger charge is -2.23. The first-order valence-electron chi connectivity index (χ1n) is 8.38. The van der Waals surface area contributed by atoms with Gasteiger partial charge in [-0.15, -0.1) is 11.3 Å². The van der Waals surface area contributed by atoms with Gasteiger partial charge in [-0.3, -0.25) is 19.7 Å². The fourth-order valence-corrected chi connectivity index (χ4v) is 3.63. The molecule has 0 spiro atoms. The van der Waals surface area contributed by atoms with Crippen molar-refractivity contribution in [3.63, 3.8) is 0 Å². The van der Waals surface area contributed by atoms with E-state index in [9.17, 15) is 19.7 Å². The molecular formula is C19H17N3O5S. The smallest absolute Gasteiger partial charge is 0.311 e. The van der Waals surface area contributed by atoms with Crippen molar-refractivity contribution >= 4 is 39.4 Å². The number of para-hydroxylation sites is 1. The number of nitrogens with zero attached hydrogens (tertiary/aromatic N) is 3. The van der Waals surface area contributed by atoms with Crippen molar-refractivity contribution in [3.8, 4) is 5.75 Å². The van der Waals surface area contributed by atoms with Crippen LogP contribution >= 0.6 is 11.3 Å². The van der Waals surface area contributed by atoms with E-state index in [0.717, 1.165) is 21.3 Å². The van der Waals surface area contributed by atoms with Gasteiger partial charge in [0.05, 0.1) is 21.2 Å². The number of benzene rings is 2. The number of amides is 1. The Morgan fingerprint density at radius 2 is 2.11 bits per heavy atom. The Balaban J connectivity index is 1.70. The number of aldehydes is 1. The monoisotopic (exact) mass is 399 g/mol. The Morgan fingerprint density at radius 1 is 1.36 bits per heavy atom. The molecule has 3 rings (SSSR count). The minimum absolute atomic E-state index is 0.0648. The number of thiazole rings is 1. The zero-order valence-corrected chi connectivity index (χ0v) is 16.0. The van der Waals surface area contributed by atoms with Crippen LogP contribution in [-0.2, 0) is 4.79 Å². The first-order valence-corrected chi connectivity index (χ1v) is 9.20. The Morgan fingerprint density at radius 3 is 2.79 bits per heavy atom. The van der Waals surface area contributed by atoms with E-state index in [1.807, 2.05) is 31.2 Å². The molecule has 8 nitrogen and oxygen atoms in total. The molecule has 2 aromatic carbocycles. The summed E-state index contributed by atoms with van der Waals surface area (Å²) in [6.07, 6.45) is 0.509. The van der Waals surface area contributed by atoms with Gasteiger partial charge in [-0.05, 0) is 31.2 Å². The van der Waals surface area contributed by atoms with Crippen LogP contribution in [0.25, 0.3) is 10.2 Å². The number of nitro groups is 1. The van der Waals surface area contributed by atoms with E-state index in [-0.39, 0.29) is 35.6 Å². The summed E-state index contributed by atoms with van der Waals surface area (Å²) in [6, 6.07) is 11.3. The fraction of sp³-hybridized carbons (Fsp3) is 0.211. The maximum atomic E-state index is 12.5. The normalized spacial score (nSPS) is 11.8. The van der Waals surface area contributed by atoms with E-state index in [0.29, 0.717) is 6.29 Å². The number of aromatic nitrogens is 1. The first kappa shape index (κ1) is 19.4. The zero-order valence-electron chi connectivity index (χ0n) is 15.2. The predicted octanol–water partition coefficient (Wildman–Crippen LogP) is 3.62. The predicted molar refractivity (Wildman–Crippen MR) is 105 cm³/mol. The summed E-state index contributed by atoms with van der Waals surface area (Å²) in [5.74, 6) is -0.412. The summed E-state index contributed by atoms with van der Waals surface area (Å²) in [5, 5.41) is 11.9. The topological polar surface area (TPSA) is 103 Å². The molecule has 28 heavy (non-hydrogen) atoms. The molecular weight excluding hydrogens is 382 g/mol. The molecule has 0 saturated heterocycles. The molecule has 1 heterocycles. The number of likely N-dealkylation sites (N-methyl/N-ethyl adjacent to an activating group) is 1. The second-order valence-electron chi connectivity index (χ2n) is 6.09. The number of hydrogen-bond acceptors (Lipinski definition) is 7. The molecule has 3 aromatic rings. The van der Waals surface area contributed by atoms with Crippen molar-refractivity contribution in [1.82, 2.24) is 9.88 Å². The SMILES string of the molecule is C[C@@H](c1nc2ccccc2s1)N(C)C(=O)COc1ccc(C=O)cc1[N+](=O)[O-]. The highest BCUT2D eigenvalue weighted by molar-refractivity contribution is 7.18. The van der Waals surface area contributed by atoms with Crippen molar-refractivity contribution in [2.45, 2.75) is 13.0 Å². The van der Waals surface area contributed by atoms with Gasteiger partial charge < -0.3 is 9.64 Å². The third-order valence-corrected chi connectivity index (χ3v) is 5.52. The lowest BCUT2D eigenvalue weighted by atomic mass is 10.2. The molecule has 0 aliphatic carbocycles. The lowest BCUT2D eigenvalue weighted by molar-refractivity contribution is -0.385. The fourth-order valence-electron chi connectivity index (χ4n) is 2.56. The van der Waals surface area contributed by atoms with Gasteiger partial charge in [0.25, 0.3) is 5.91 Å². The standard InChI is InChI=1S/C19H17N3O5S/c1-12(19-20-14-5-3-4-6-17(14)28-19)21(2)18(24)11-27-16-8-7-13(10-23)9-15(16)22(25)26/h3-10,12H,11H2,1-2H3/t12-/m0/s1. The number of ether oxygens (including phenoxy) is 1. The molecule has 1 amide bonds. The average molecular weight is 399 g/mol. The minimum Gasteiger partial charge on any atom is -0.477 e. The summed E-state index contributed by atoms with van der Waals surface area (Å²) in [7, 11) is 1.63. The van der Waals surface area contributed by atoms with Crippen LogP contribution < -0.4 is 4.74 Å². The molecule has 9 heteroatoms. The Bertz CT molecular complexity index is 1020. The zero-order chi connectivity index (χ0) is 20.3. The van der Waals surface area contributed by atoms with Crippen LogP contribution in [0.1, 0.15) is 28.3 Å². The lowest BCUT2D eigenvalue weighted by Crippen LogP contribution is -2.33. The van der Waals surface area contributed by atoms with Gasteiger partial charge in [0.1, 0.15) is 11.3 Å². The summed E-state index contributed by atoms with van der Waals surface area (Å²) in [4.78, 5) is 39.8. The molecule has 0 aliphatic rings. The van der Waals surface area contributed by atoms with E-state index in [1.165, 1.54) is 28.4 Å². The number of fused-ring (bicyclic) bond motifs is 1. The highest BCUT2D eigenvalue weighted by Crippen LogP contribution is 2.30. The third kappa shape index (κ3) is 3.99. The van der Waals surface area contributed by atoms with Gasteiger partial charge in [-0.2, -0.15) is 0 Å². The van der Waals surface area contributed by atoms with Crippen molar-refractivity contribution in [2.75, 3.05) is 13.7 Å². The molecule has 0 saturated carbocycles. The number of rotatable bonds is 7. The van der Waals surface area contributed by atoms with Crippen molar-refractivity contribution in [2.24, 2.45) is 0 Å². The summed E-state index contributed by atoms with van der Waals surface area (Å²) >= 11 is 1.51. The van der Waals surface area contributed by atoms with Gasteiger partial charge in [-0.1, -0.05) is 12.1 Å². The molecule has 0 radical (unpaired) electrons. The number of carbonyl (C=O) groups is 2. The van der Waals surface area contributed by atoms with Gasteiger partial charge in [0, 0.05) is 18.7 Å². The molecule has 1 aromatic heterocycles. The van der Waals surface area contributed by atoms with E-state index in [1.54, 1.807) is 7.05 Å². The molecule has 0 unspecified atom stereocenters. The second kappa shape index (κ2) is 8.13. The second-order valence-corrected chi connectivity index (χ2v) is 7.15. The van der Waals surface area contributed by atoms with E-state index >= 15 is 0 Å². The quantitative estimate of drug-likeness (QED) is 0.342. The van der Waals surface area contributed by atoms with E-state index in [4.69, 9.17) is 4.74 Å². The molecule has 0 fully saturated rings. The number of hydrogen-bond donors (Lipinski definition) is 0. The van der Waals surface area contributed by atoms with Gasteiger partial charge in [0.2, 0.25) is 0 Å². The van der Waals surface area contributed by atoms with Crippen molar-refractivity contribution < 1.29 is 19.2 Å². The average Bonchev–Trinajstić information content (AvgIpc) is 3.14. The third-order valence-electron chi connectivity index (χ3n) is 4.31. The van der Waals surface area contributed by atoms with Crippen LogP contribution in [0.3, 0.4) is 0 Å². The molecule has 0 bridgehead atoms. The minimum atomic E-state index is -0.653. The summed E-state index contributed by atoms with van der Waals surface area (Å²) in [6.45, 7) is 1.49. The largest absolute Gasteiger partial charge is 0.477 e. The van der Waals surface area contributed by atoms with Crippen LogP contribution in [0.2, 0.25) is 0 Å². The van der Waals surface area contributed by atoms with Gasteiger partial charge in [-0.25, -0.2) is 4.98 Å². The molecule has 0 aliphatic heterocycles. The van der Waals surface area contributed by atoms with E-state index in [2.05, 4.69) is 4.98 Å². The molecule has 0 N–H and O–H groups in total. The number of carbonyl (C=O) groups excluding carboxylic acids is 2. The van der Waals surface area contributed by atoms with Gasteiger partial charge in [0.15, 0.2) is 12.4 Å². The van der Waals surface area contributed by atoms with Crippen molar-refractivity contribution in [1.29, 1.82) is 0 Å². The van der Waals surface area contributed by atoms with Crippen LogP contribution in [0, 0.1) is 10.1 Å². The highest BCUT2D eigenvalue weighted by atomic mass is 32.1. The number of nitro benzene ring substituents is 1. The van der Waals surface area contributed by atoms with E-state index < -0.39 is 4.92 Å². The van der Waals surface area contributed by atoms with Crippen LogP contribution in [0.5, 0.6) is 5.75 Å². The first-order chi connectivity index (χ1) is 13.4. The Labute approximate surface area is 164 Å². The summed E-state index contributed by atoms with van der Waals surface area (Å²) in [5.41, 5.74) is 0.670. The molecule has 144 valence electrons. The Kier molecular flexibility index (Phi) is 5.65. The van der Waals surface area contributed by atoms with Crippen LogP contribution in [0.15, 0.2) is 42.5 Å². The maximum absolute atomic E-state index is 12.5. The maximum Gasteiger partial charge on any atom is 0.311 e. The summed E-state index contributed by atoms with van der Waals surface area (Å²) < 4.78 is 6.39. The van der Waals surface area contributed by atoms with Crippen molar-refractivity contribution in [3.05, 3.63) is 63.1 Å². The Hall–Kier alpha value is -3.33.